The van der Waals surface area contributed by atoms with Gasteiger partial charge in [0.2, 0.25) is 6.23 Å². The monoisotopic (exact) mass is 417 g/mol. The minimum absolute atomic E-state index is 0.177. The van der Waals surface area contributed by atoms with E-state index in [1.807, 2.05) is 26.0 Å². The van der Waals surface area contributed by atoms with Crippen molar-refractivity contribution >= 4 is 17.2 Å². The summed E-state index contributed by atoms with van der Waals surface area (Å²) in [6.45, 7) is 10.9. The van der Waals surface area contributed by atoms with E-state index in [1.165, 1.54) is 11.1 Å². The van der Waals surface area contributed by atoms with E-state index in [-0.39, 0.29) is 19.4 Å². The second-order valence-electron chi connectivity index (χ2n) is 8.04. The van der Waals surface area contributed by atoms with Gasteiger partial charge in [0.1, 0.15) is 18.5 Å². The van der Waals surface area contributed by atoms with Crippen LogP contribution in [-0.4, -0.2) is 30.2 Å². The van der Waals surface area contributed by atoms with Crippen LogP contribution in [0.15, 0.2) is 22.5 Å². The van der Waals surface area contributed by atoms with Gasteiger partial charge in [-0.15, -0.1) is 11.3 Å². The quantitative estimate of drug-likeness (QED) is 0.611. The van der Waals surface area contributed by atoms with Gasteiger partial charge in [0, 0.05) is 12.1 Å². The van der Waals surface area contributed by atoms with Crippen LogP contribution < -0.4 is 16.0 Å². The van der Waals surface area contributed by atoms with Crippen LogP contribution in [0.25, 0.3) is 0 Å². The average Bonchev–Trinajstić information content (AvgIpc) is 3.28. The van der Waals surface area contributed by atoms with Crippen molar-refractivity contribution in [2.75, 3.05) is 13.2 Å². The lowest BCUT2D eigenvalue weighted by Gasteiger charge is -2.16. The summed E-state index contributed by atoms with van der Waals surface area (Å²) in [6.07, 6.45) is 0.0721. The van der Waals surface area contributed by atoms with Gasteiger partial charge in [-0.2, -0.15) is 0 Å². The molecule has 0 radical (unpaired) electrons. The van der Waals surface area contributed by atoms with Crippen LogP contribution in [0.3, 0.4) is 0 Å². The van der Waals surface area contributed by atoms with Crippen molar-refractivity contribution < 1.29 is 14.7 Å². The molecule has 2 unspecified atom stereocenters. The zero-order valence-corrected chi connectivity index (χ0v) is 18.6. The van der Waals surface area contributed by atoms with Gasteiger partial charge in [-0.1, -0.05) is 13.8 Å². The first-order valence-electron chi connectivity index (χ1n) is 9.99. The molecule has 7 heteroatoms. The number of aliphatic imine (C=N–C) groups is 1. The number of aliphatic hydroxyl groups is 1. The third kappa shape index (κ3) is 4.98. The summed E-state index contributed by atoms with van der Waals surface area (Å²) in [6, 6.07) is 4.03. The number of nitrogens with one attached hydrogen (secondary N) is 1. The van der Waals surface area contributed by atoms with Gasteiger partial charge in [0.05, 0.1) is 4.88 Å². The van der Waals surface area contributed by atoms with Crippen molar-refractivity contribution in [1.29, 1.82) is 0 Å². The van der Waals surface area contributed by atoms with E-state index in [0.717, 1.165) is 33.7 Å². The number of aliphatic hydroxyl groups excluding tert-OH is 1. The van der Waals surface area contributed by atoms with E-state index in [4.69, 9.17) is 20.3 Å². The zero-order valence-electron chi connectivity index (χ0n) is 17.8. The van der Waals surface area contributed by atoms with Crippen LogP contribution in [0, 0.1) is 26.7 Å². The fraction of sp³-hybridized carbons (Fsp3) is 0.500. The lowest BCUT2D eigenvalue weighted by Crippen LogP contribution is -2.27. The lowest BCUT2D eigenvalue weighted by molar-refractivity contribution is 0.0395. The first kappa shape index (κ1) is 21.8. The summed E-state index contributed by atoms with van der Waals surface area (Å²) in [7, 11) is 0. The number of rotatable bonds is 8. The Balaban J connectivity index is 1.79. The first-order valence-corrected chi connectivity index (χ1v) is 10.9. The zero-order chi connectivity index (χ0) is 21.1. The Hall–Kier alpha value is -1.93. The number of benzene rings is 1. The fourth-order valence-electron chi connectivity index (χ4n) is 3.44. The number of nitrogens with two attached hydrogens (primary N) is 1. The van der Waals surface area contributed by atoms with Crippen LogP contribution in [0.1, 0.15) is 52.8 Å². The van der Waals surface area contributed by atoms with Crippen LogP contribution in [0.4, 0.5) is 0 Å². The molecular weight excluding hydrogens is 386 g/mol. The molecule has 0 aliphatic carbocycles. The smallest absolute Gasteiger partial charge is 0.212 e. The largest absolute Gasteiger partial charge is 0.490 e. The molecule has 0 fully saturated rings. The molecule has 0 saturated carbocycles. The standard InChI is InChI=1S/C22H31N3O3S/c1-12(2)6-17-11-29-20(15(17)5)22-24-21(25-28-22)16-7-13(3)19(14(4)8-16)27-10-18(26)9-23/h7-8,11-12,18,22,26H,6,9-10,23H2,1-5H3,(H,24,25). The third-order valence-electron chi connectivity index (χ3n) is 4.97. The van der Waals surface area contributed by atoms with E-state index in [0.29, 0.717) is 11.8 Å². The van der Waals surface area contributed by atoms with E-state index in [1.54, 1.807) is 11.3 Å². The molecule has 6 nitrogen and oxygen atoms in total. The maximum Gasteiger partial charge on any atom is 0.212 e. The Kier molecular flexibility index (Phi) is 6.95. The van der Waals surface area contributed by atoms with Crippen molar-refractivity contribution in [1.82, 2.24) is 5.48 Å². The molecule has 4 N–H and O–H groups in total. The molecule has 1 aliphatic heterocycles. The molecule has 1 aliphatic rings. The maximum absolute atomic E-state index is 9.64. The third-order valence-corrected chi connectivity index (χ3v) is 6.14. The van der Waals surface area contributed by atoms with Crippen LogP contribution in [-0.2, 0) is 11.3 Å². The Morgan fingerprint density at radius 1 is 1.28 bits per heavy atom. The number of aryl methyl sites for hydroxylation is 2. The van der Waals surface area contributed by atoms with E-state index in [9.17, 15) is 5.11 Å². The molecule has 2 aromatic rings. The second-order valence-corrected chi connectivity index (χ2v) is 8.95. The highest BCUT2D eigenvalue weighted by Gasteiger charge is 2.25. The number of amidine groups is 1. The molecule has 29 heavy (non-hydrogen) atoms. The second kappa shape index (κ2) is 9.26. The number of hydrogen-bond donors (Lipinski definition) is 3. The Bertz CT molecular complexity index is 868. The average molecular weight is 418 g/mol. The molecule has 0 bridgehead atoms. The topological polar surface area (TPSA) is 89.1 Å². The van der Waals surface area contributed by atoms with Gasteiger partial charge in [0.15, 0.2) is 5.84 Å². The minimum atomic E-state index is -0.668. The minimum Gasteiger partial charge on any atom is -0.490 e. The SMILES string of the molecule is Cc1cc(C2=NC(c3scc(CC(C)C)c3C)ON2)cc(C)c1OCC(O)CN. The predicted octanol–water partition coefficient (Wildman–Crippen LogP) is 3.55. The Labute approximate surface area is 176 Å². The van der Waals surface area contributed by atoms with E-state index < -0.39 is 6.10 Å². The Morgan fingerprint density at radius 2 is 1.97 bits per heavy atom. The highest BCUT2D eigenvalue weighted by Crippen LogP contribution is 2.34. The van der Waals surface area contributed by atoms with Crippen molar-refractivity contribution in [3.05, 3.63) is 50.2 Å². The van der Waals surface area contributed by atoms with Crippen LogP contribution in [0.5, 0.6) is 5.75 Å². The highest BCUT2D eigenvalue weighted by molar-refractivity contribution is 7.10. The summed E-state index contributed by atoms with van der Waals surface area (Å²) in [4.78, 5) is 11.7. The van der Waals surface area contributed by atoms with Crippen molar-refractivity contribution in [2.45, 2.75) is 53.4 Å². The maximum atomic E-state index is 9.64. The molecule has 0 amide bonds. The molecular formula is C22H31N3O3S. The van der Waals surface area contributed by atoms with Crippen LogP contribution in [0.2, 0.25) is 0 Å². The number of hydrogen-bond acceptors (Lipinski definition) is 7. The molecule has 3 rings (SSSR count). The highest BCUT2D eigenvalue weighted by atomic mass is 32.1. The van der Waals surface area contributed by atoms with Gasteiger partial charge >= 0.3 is 0 Å². The summed E-state index contributed by atoms with van der Waals surface area (Å²) in [5.74, 6) is 2.10. The molecule has 0 spiro atoms. The number of nitrogens with zero attached hydrogens (tertiary/aromatic N) is 1. The van der Waals surface area contributed by atoms with Crippen LogP contribution >= 0.6 is 11.3 Å². The van der Waals surface area contributed by atoms with Crippen molar-refractivity contribution in [2.24, 2.45) is 16.6 Å². The number of hydroxylamine groups is 1. The van der Waals surface area contributed by atoms with Crippen molar-refractivity contribution in [3.8, 4) is 5.75 Å². The predicted molar refractivity (Wildman–Crippen MR) is 118 cm³/mol. The molecule has 0 saturated heterocycles. The fourth-order valence-corrected chi connectivity index (χ4v) is 4.51. The summed E-state index contributed by atoms with van der Waals surface area (Å²) in [5, 5.41) is 11.9. The van der Waals surface area contributed by atoms with Gasteiger partial charge in [0.25, 0.3) is 0 Å². The van der Waals surface area contributed by atoms with Gasteiger partial charge < -0.3 is 15.6 Å². The summed E-state index contributed by atoms with van der Waals surface area (Å²) in [5.41, 5.74) is 14.0. The van der Waals surface area contributed by atoms with Crippen molar-refractivity contribution in [3.63, 3.8) is 0 Å². The summed E-state index contributed by atoms with van der Waals surface area (Å²) < 4.78 is 5.76. The number of ether oxygens (including phenoxy) is 1. The van der Waals surface area contributed by atoms with E-state index >= 15 is 0 Å². The molecule has 158 valence electrons. The summed E-state index contributed by atoms with van der Waals surface area (Å²) >= 11 is 1.71. The molecule has 2 heterocycles. The van der Waals surface area contributed by atoms with E-state index in [2.05, 4.69) is 31.6 Å². The van der Waals surface area contributed by atoms with Gasteiger partial charge in [-0.3, -0.25) is 0 Å². The molecule has 2 atom stereocenters. The lowest BCUT2D eigenvalue weighted by atomic mass is 10.0. The molecule has 1 aromatic heterocycles. The Morgan fingerprint density at radius 3 is 2.59 bits per heavy atom. The normalized spacial score (nSPS) is 17.4. The first-order chi connectivity index (χ1) is 13.8. The number of thiophene rings is 1. The molecule has 1 aromatic carbocycles. The van der Waals surface area contributed by atoms with Gasteiger partial charge in [-0.05, 0) is 72.9 Å². The van der Waals surface area contributed by atoms with Gasteiger partial charge in [-0.25, -0.2) is 15.3 Å².